The Morgan fingerprint density at radius 3 is 2.27 bits per heavy atom. The standard InChI is InChI=1S/C26H23NO6/c1-3-33-19-14-10-17(11-15-19)24(29)22-23(16-8-12-18(28)13-9-16)27(26(31)25(22)30)20-6-4-5-7-21(20)32-2/h4-15,23,28-29H,3H2,1-2H3/b24-22+. The highest BCUT2D eigenvalue weighted by Crippen LogP contribution is 2.45. The van der Waals surface area contributed by atoms with Gasteiger partial charge in [-0.3, -0.25) is 14.5 Å². The highest BCUT2D eigenvalue weighted by molar-refractivity contribution is 6.51. The average molecular weight is 445 g/mol. The molecular weight excluding hydrogens is 422 g/mol. The van der Waals surface area contributed by atoms with Crippen molar-refractivity contribution in [3.05, 3.63) is 89.5 Å². The van der Waals surface area contributed by atoms with Gasteiger partial charge in [-0.05, 0) is 61.0 Å². The maximum atomic E-state index is 13.2. The number of hydrogen-bond donors (Lipinski definition) is 2. The number of aromatic hydroxyl groups is 1. The van der Waals surface area contributed by atoms with Crippen molar-refractivity contribution in [3.63, 3.8) is 0 Å². The molecule has 2 N–H and O–H groups in total. The summed E-state index contributed by atoms with van der Waals surface area (Å²) in [4.78, 5) is 27.7. The van der Waals surface area contributed by atoms with Gasteiger partial charge in [-0.15, -0.1) is 0 Å². The van der Waals surface area contributed by atoms with Gasteiger partial charge < -0.3 is 19.7 Å². The first kappa shape index (κ1) is 22.0. The average Bonchev–Trinajstić information content (AvgIpc) is 3.10. The van der Waals surface area contributed by atoms with Gasteiger partial charge in [-0.1, -0.05) is 24.3 Å². The quantitative estimate of drug-likeness (QED) is 0.331. The molecule has 1 unspecified atom stereocenters. The highest BCUT2D eigenvalue weighted by Gasteiger charge is 2.47. The van der Waals surface area contributed by atoms with Gasteiger partial charge in [0, 0.05) is 5.56 Å². The highest BCUT2D eigenvalue weighted by atomic mass is 16.5. The molecule has 7 heteroatoms. The fourth-order valence-corrected chi connectivity index (χ4v) is 3.91. The van der Waals surface area contributed by atoms with Gasteiger partial charge in [-0.25, -0.2) is 0 Å². The number of ether oxygens (including phenoxy) is 2. The molecular formula is C26H23NO6. The van der Waals surface area contributed by atoms with Crippen LogP contribution in [-0.4, -0.2) is 35.6 Å². The topological polar surface area (TPSA) is 96.3 Å². The van der Waals surface area contributed by atoms with Gasteiger partial charge in [0.15, 0.2) is 0 Å². The van der Waals surface area contributed by atoms with E-state index < -0.39 is 17.7 Å². The maximum Gasteiger partial charge on any atom is 0.300 e. The van der Waals surface area contributed by atoms with E-state index in [0.717, 1.165) is 0 Å². The Kier molecular flexibility index (Phi) is 6.04. The van der Waals surface area contributed by atoms with Crippen LogP contribution >= 0.6 is 0 Å². The summed E-state index contributed by atoms with van der Waals surface area (Å²) < 4.78 is 10.9. The van der Waals surface area contributed by atoms with E-state index in [1.807, 2.05) is 6.92 Å². The van der Waals surface area contributed by atoms with Gasteiger partial charge in [0.05, 0.1) is 31.0 Å². The summed E-state index contributed by atoms with van der Waals surface area (Å²) in [5.74, 6) is -0.829. The number of carbonyl (C=O) groups excluding carboxylic acids is 2. The van der Waals surface area contributed by atoms with Gasteiger partial charge in [0.1, 0.15) is 23.0 Å². The zero-order chi connectivity index (χ0) is 23.5. The molecule has 3 aromatic carbocycles. The Hall–Kier alpha value is -4.26. The molecule has 1 heterocycles. The predicted molar refractivity (Wildman–Crippen MR) is 123 cm³/mol. The van der Waals surface area contributed by atoms with Crippen molar-refractivity contribution in [3.8, 4) is 17.2 Å². The lowest BCUT2D eigenvalue weighted by molar-refractivity contribution is -0.132. The lowest BCUT2D eigenvalue weighted by atomic mass is 9.95. The second-order valence-electron chi connectivity index (χ2n) is 7.39. The molecule has 1 amide bonds. The van der Waals surface area contributed by atoms with Crippen molar-refractivity contribution in [2.24, 2.45) is 0 Å². The molecule has 7 nitrogen and oxygen atoms in total. The molecule has 168 valence electrons. The van der Waals surface area contributed by atoms with E-state index in [1.54, 1.807) is 60.7 Å². The van der Waals surface area contributed by atoms with E-state index in [1.165, 1.54) is 24.1 Å². The van der Waals surface area contributed by atoms with Crippen LogP contribution in [0.4, 0.5) is 5.69 Å². The first-order valence-electron chi connectivity index (χ1n) is 10.4. The third kappa shape index (κ3) is 4.01. The normalized spacial score (nSPS) is 17.3. The number of phenolic OH excluding ortho intramolecular Hbond substituents is 1. The van der Waals surface area contributed by atoms with Crippen LogP contribution in [0.15, 0.2) is 78.4 Å². The molecule has 1 aliphatic rings. The number of methoxy groups -OCH3 is 1. The minimum atomic E-state index is -0.923. The summed E-state index contributed by atoms with van der Waals surface area (Å²) in [6.45, 7) is 2.36. The van der Waals surface area contributed by atoms with Crippen LogP contribution in [0, 0.1) is 0 Å². The summed E-state index contributed by atoms with van der Waals surface area (Å²) in [5.41, 5.74) is 1.26. The SMILES string of the molecule is CCOc1ccc(/C(O)=C2\C(=O)C(=O)N(c3ccccc3OC)C2c2ccc(O)cc2)cc1. The van der Waals surface area contributed by atoms with E-state index in [2.05, 4.69) is 0 Å². The number of para-hydroxylation sites is 2. The van der Waals surface area contributed by atoms with E-state index in [-0.39, 0.29) is 17.1 Å². The molecule has 0 radical (unpaired) electrons. The molecule has 4 rings (SSSR count). The molecule has 0 spiro atoms. The van der Waals surface area contributed by atoms with E-state index in [9.17, 15) is 19.8 Å². The largest absolute Gasteiger partial charge is 0.508 e. The molecule has 1 fully saturated rings. The van der Waals surface area contributed by atoms with Gasteiger partial charge in [0.2, 0.25) is 0 Å². The third-order valence-electron chi connectivity index (χ3n) is 5.44. The molecule has 0 saturated carbocycles. The molecule has 0 aliphatic carbocycles. The van der Waals surface area contributed by atoms with E-state index in [4.69, 9.17) is 9.47 Å². The zero-order valence-electron chi connectivity index (χ0n) is 18.2. The Labute approximate surface area is 191 Å². The summed E-state index contributed by atoms with van der Waals surface area (Å²) in [5, 5.41) is 20.9. The Balaban J connectivity index is 1.91. The van der Waals surface area contributed by atoms with Crippen molar-refractivity contribution >= 4 is 23.1 Å². The molecule has 1 atom stereocenters. The summed E-state index contributed by atoms with van der Waals surface area (Å²) in [7, 11) is 1.48. The number of hydrogen-bond acceptors (Lipinski definition) is 6. The fourth-order valence-electron chi connectivity index (χ4n) is 3.91. The lowest BCUT2D eigenvalue weighted by Gasteiger charge is -2.26. The second-order valence-corrected chi connectivity index (χ2v) is 7.39. The molecule has 1 saturated heterocycles. The molecule has 33 heavy (non-hydrogen) atoms. The number of ketones is 1. The predicted octanol–water partition coefficient (Wildman–Crippen LogP) is 4.43. The van der Waals surface area contributed by atoms with Crippen LogP contribution in [-0.2, 0) is 9.59 Å². The number of benzene rings is 3. The van der Waals surface area contributed by atoms with Gasteiger partial charge in [-0.2, -0.15) is 0 Å². The fraction of sp³-hybridized carbons (Fsp3) is 0.154. The number of rotatable bonds is 6. The minimum Gasteiger partial charge on any atom is -0.508 e. The number of anilines is 1. The molecule has 3 aromatic rings. The number of aliphatic hydroxyl groups excluding tert-OH is 1. The van der Waals surface area contributed by atoms with Crippen LogP contribution in [0.25, 0.3) is 5.76 Å². The van der Waals surface area contributed by atoms with Gasteiger partial charge in [0.25, 0.3) is 11.7 Å². The number of amides is 1. The third-order valence-corrected chi connectivity index (χ3v) is 5.44. The van der Waals surface area contributed by atoms with Crippen LogP contribution < -0.4 is 14.4 Å². The minimum absolute atomic E-state index is 0.0412. The van der Waals surface area contributed by atoms with Crippen LogP contribution in [0.3, 0.4) is 0 Å². The Morgan fingerprint density at radius 1 is 0.970 bits per heavy atom. The second kappa shape index (κ2) is 9.08. The first-order chi connectivity index (χ1) is 16.0. The molecule has 1 aliphatic heterocycles. The molecule has 0 bridgehead atoms. The van der Waals surface area contributed by atoms with Crippen molar-refractivity contribution < 1.29 is 29.3 Å². The number of carbonyl (C=O) groups is 2. The Morgan fingerprint density at radius 2 is 1.64 bits per heavy atom. The number of nitrogens with zero attached hydrogens (tertiary/aromatic N) is 1. The van der Waals surface area contributed by atoms with E-state index in [0.29, 0.717) is 34.9 Å². The van der Waals surface area contributed by atoms with Crippen LogP contribution in [0.5, 0.6) is 17.2 Å². The monoisotopic (exact) mass is 445 g/mol. The van der Waals surface area contributed by atoms with Gasteiger partial charge >= 0.3 is 0 Å². The van der Waals surface area contributed by atoms with Crippen molar-refractivity contribution in [1.29, 1.82) is 0 Å². The number of aliphatic hydroxyl groups is 1. The summed E-state index contributed by atoms with van der Waals surface area (Å²) in [6, 6.07) is 18.7. The number of Topliss-reactive ketones (excluding diaryl/α,β-unsaturated/α-hetero) is 1. The summed E-state index contributed by atoms with van der Waals surface area (Å²) >= 11 is 0. The number of phenols is 1. The van der Waals surface area contributed by atoms with Crippen molar-refractivity contribution in [2.75, 3.05) is 18.6 Å². The zero-order valence-corrected chi connectivity index (χ0v) is 18.2. The first-order valence-corrected chi connectivity index (χ1v) is 10.4. The summed E-state index contributed by atoms with van der Waals surface area (Å²) in [6.07, 6.45) is 0. The van der Waals surface area contributed by atoms with Crippen LogP contribution in [0.1, 0.15) is 24.1 Å². The lowest BCUT2D eigenvalue weighted by Crippen LogP contribution is -2.29. The molecule has 0 aromatic heterocycles. The van der Waals surface area contributed by atoms with Crippen molar-refractivity contribution in [2.45, 2.75) is 13.0 Å². The maximum absolute atomic E-state index is 13.2. The Bertz CT molecular complexity index is 1210. The van der Waals surface area contributed by atoms with Crippen LogP contribution in [0.2, 0.25) is 0 Å². The van der Waals surface area contributed by atoms with E-state index >= 15 is 0 Å². The smallest absolute Gasteiger partial charge is 0.300 e. The van der Waals surface area contributed by atoms with Crippen molar-refractivity contribution in [1.82, 2.24) is 0 Å².